The first-order valence-electron chi connectivity index (χ1n) is 9.85. The molecule has 31 heavy (non-hydrogen) atoms. The predicted octanol–water partition coefficient (Wildman–Crippen LogP) is -0.610. The van der Waals surface area contributed by atoms with Gasteiger partial charge in [0, 0.05) is 12.1 Å². The summed E-state index contributed by atoms with van der Waals surface area (Å²) < 4.78 is 0. The number of aliphatic carboxylic acids is 1. The van der Waals surface area contributed by atoms with E-state index >= 15 is 0 Å². The minimum Gasteiger partial charge on any atom is -0.480 e. The van der Waals surface area contributed by atoms with Crippen molar-refractivity contribution in [1.29, 1.82) is 5.41 Å². The number of carbonyl (C=O) groups is 4. The second-order valence-corrected chi connectivity index (χ2v) is 7.22. The lowest BCUT2D eigenvalue weighted by molar-refractivity contribution is -0.142. The van der Waals surface area contributed by atoms with Crippen LogP contribution in [-0.4, -0.2) is 59.9 Å². The molecule has 2 atom stereocenters. The first-order chi connectivity index (χ1) is 14.6. The van der Waals surface area contributed by atoms with Crippen molar-refractivity contribution >= 4 is 29.7 Å². The average molecular weight is 434 g/mol. The molecule has 1 aromatic rings. The van der Waals surface area contributed by atoms with Crippen LogP contribution >= 0.6 is 0 Å². The van der Waals surface area contributed by atoms with E-state index in [2.05, 4.69) is 21.3 Å². The largest absolute Gasteiger partial charge is 0.480 e. The van der Waals surface area contributed by atoms with Crippen molar-refractivity contribution in [2.75, 3.05) is 13.1 Å². The molecule has 0 unspecified atom stereocenters. The zero-order valence-corrected chi connectivity index (χ0v) is 17.6. The number of hydrogen-bond acceptors (Lipinski definition) is 5. The van der Waals surface area contributed by atoms with Gasteiger partial charge in [-0.3, -0.25) is 19.8 Å². The molecule has 0 heterocycles. The Morgan fingerprint density at radius 1 is 1.06 bits per heavy atom. The van der Waals surface area contributed by atoms with E-state index in [4.69, 9.17) is 11.1 Å². The van der Waals surface area contributed by atoms with E-state index in [1.165, 1.54) is 0 Å². The molecule has 0 aliphatic carbocycles. The molecule has 0 radical (unpaired) electrons. The molecule has 0 spiro atoms. The zero-order chi connectivity index (χ0) is 23.4. The zero-order valence-electron chi connectivity index (χ0n) is 17.6. The van der Waals surface area contributed by atoms with Crippen LogP contribution in [0.25, 0.3) is 0 Å². The summed E-state index contributed by atoms with van der Waals surface area (Å²) in [4.78, 5) is 48.2. The number of rotatable bonds is 12. The van der Waals surface area contributed by atoms with E-state index in [1.54, 1.807) is 44.2 Å². The van der Waals surface area contributed by atoms with Crippen molar-refractivity contribution in [3.05, 3.63) is 35.9 Å². The molecule has 0 bridgehead atoms. The molecule has 0 aromatic heterocycles. The second-order valence-electron chi connectivity index (χ2n) is 7.22. The Bertz CT molecular complexity index is 784. The first kappa shape index (κ1) is 25.4. The number of nitrogens with two attached hydrogens (primary N) is 1. The van der Waals surface area contributed by atoms with Gasteiger partial charge in [0.25, 0.3) is 5.91 Å². The van der Waals surface area contributed by atoms with E-state index in [-0.39, 0.29) is 18.3 Å². The van der Waals surface area contributed by atoms with Crippen molar-refractivity contribution in [2.24, 2.45) is 11.7 Å². The Morgan fingerprint density at radius 3 is 2.26 bits per heavy atom. The average Bonchev–Trinajstić information content (AvgIpc) is 2.72. The van der Waals surface area contributed by atoms with E-state index in [1.807, 2.05) is 0 Å². The SMILES string of the molecule is CC(C)[C@H](NC(=O)c1ccccc1)C(=O)NCC(=O)N[C@@H](CCCNC(=N)N)C(=O)O. The lowest BCUT2D eigenvalue weighted by atomic mass is 10.0. The van der Waals surface area contributed by atoms with Crippen molar-refractivity contribution < 1.29 is 24.3 Å². The fraction of sp³-hybridized carbons (Fsp3) is 0.450. The van der Waals surface area contributed by atoms with Crippen LogP contribution in [-0.2, 0) is 14.4 Å². The standard InChI is InChI=1S/C20H30N6O5/c1-12(2)16(26-17(28)13-7-4-3-5-8-13)18(29)24-11-15(27)25-14(19(30)31)9-6-10-23-20(21)22/h3-5,7-8,12,14,16H,6,9-11H2,1-2H3,(H,24,29)(H,25,27)(H,26,28)(H,30,31)(H4,21,22,23)/t14-,16-/m0/s1. The lowest BCUT2D eigenvalue weighted by Gasteiger charge is -2.22. The number of hydrogen-bond donors (Lipinski definition) is 7. The van der Waals surface area contributed by atoms with E-state index in [9.17, 15) is 24.3 Å². The van der Waals surface area contributed by atoms with Crippen LogP contribution in [0, 0.1) is 11.3 Å². The van der Waals surface area contributed by atoms with Gasteiger partial charge in [-0.05, 0) is 30.9 Å². The molecule has 0 aliphatic heterocycles. The maximum Gasteiger partial charge on any atom is 0.326 e. The number of carboxylic acids is 1. The number of carboxylic acid groups (broad SMARTS) is 1. The predicted molar refractivity (Wildman–Crippen MR) is 114 cm³/mol. The molecule has 0 fully saturated rings. The van der Waals surface area contributed by atoms with Gasteiger partial charge in [-0.25, -0.2) is 4.79 Å². The Labute approximate surface area is 180 Å². The van der Waals surface area contributed by atoms with Gasteiger partial charge >= 0.3 is 5.97 Å². The molecule has 3 amide bonds. The van der Waals surface area contributed by atoms with Crippen LogP contribution in [0.15, 0.2) is 30.3 Å². The summed E-state index contributed by atoms with van der Waals surface area (Å²) in [6.45, 7) is 3.37. The maximum atomic E-state index is 12.5. The minimum atomic E-state index is -1.21. The molecule has 0 aliphatic rings. The van der Waals surface area contributed by atoms with Crippen LogP contribution in [0.2, 0.25) is 0 Å². The Hall–Kier alpha value is -3.63. The minimum absolute atomic E-state index is 0.122. The highest BCUT2D eigenvalue weighted by Crippen LogP contribution is 2.05. The van der Waals surface area contributed by atoms with Crippen molar-refractivity contribution in [1.82, 2.24) is 21.3 Å². The summed E-state index contributed by atoms with van der Waals surface area (Å²) in [7, 11) is 0. The highest BCUT2D eigenvalue weighted by Gasteiger charge is 2.26. The number of amides is 3. The molecule has 1 rings (SSSR count). The molecule has 11 nitrogen and oxygen atoms in total. The maximum absolute atomic E-state index is 12.5. The number of benzene rings is 1. The summed E-state index contributed by atoms with van der Waals surface area (Å²) in [6, 6.07) is 6.42. The fourth-order valence-corrected chi connectivity index (χ4v) is 2.66. The van der Waals surface area contributed by atoms with Gasteiger partial charge in [0.15, 0.2) is 5.96 Å². The van der Waals surface area contributed by atoms with E-state index in [0.717, 1.165) is 0 Å². The highest BCUT2D eigenvalue weighted by molar-refractivity contribution is 5.98. The molecule has 1 aromatic carbocycles. The normalized spacial score (nSPS) is 12.4. The second kappa shape index (κ2) is 12.8. The molecule has 0 saturated carbocycles. The smallest absolute Gasteiger partial charge is 0.326 e. The quantitative estimate of drug-likeness (QED) is 0.130. The fourth-order valence-electron chi connectivity index (χ4n) is 2.66. The third-order valence-electron chi connectivity index (χ3n) is 4.31. The first-order valence-corrected chi connectivity index (χ1v) is 9.85. The summed E-state index contributed by atoms with van der Waals surface area (Å²) in [5.41, 5.74) is 5.55. The third-order valence-corrected chi connectivity index (χ3v) is 4.31. The summed E-state index contributed by atoms with van der Waals surface area (Å²) in [5.74, 6) is -3.31. The number of nitrogens with one attached hydrogen (secondary N) is 5. The number of carbonyl (C=O) groups excluding carboxylic acids is 3. The molecule has 0 saturated heterocycles. The molecule has 11 heteroatoms. The molecule has 8 N–H and O–H groups in total. The van der Waals surface area contributed by atoms with Crippen LogP contribution in [0.3, 0.4) is 0 Å². The Kier molecular flexibility index (Phi) is 10.5. The lowest BCUT2D eigenvalue weighted by Crippen LogP contribution is -2.52. The highest BCUT2D eigenvalue weighted by atomic mass is 16.4. The Balaban J connectivity index is 2.56. The van der Waals surface area contributed by atoms with Gasteiger partial charge in [0.1, 0.15) is 12.1 Å². The molecular formula is C20H30N6O5. The van der Waals surface area contributed by atoms with Gasteiger partial charge < -0.3 is 32.1 Å². The summed E-state index contributed by atoms with van der Waals surface area (Å²) >= 11 is 0. The van der Waals surface area contributed by atoms with Gasteiger partial charge in [-0.2, -0.15) is 0 Å². The van der Waals surface area contributed by atoms with Crippen LogP contribution in [0.4, 0.5) is 0 Å². The van der Waals surface area contributed by atoms with Gasteiger partial charge in [0.2, 0.25) is 11.8 Å². The Morgan fingerprint density at radius 2 is 1.71 bits per heavy atom. The topological polar surface area (TPSA) is 186 Å². The van der Waals surface area contributed by atoms with Gasteiger partial charge in [-0.1, -0.05) is 32.0 Å². The van der Waals surface area contributed by atoms with E-state index < -0.39 is 42.3 Å². The van der Waals surface area contributed by atoms with Crippen LogP contribution in [0.1, 0.15) is 37.0 Å². The van der Waals surface area contributed by atoms with Gasteiger partial charge in [0.05, 0.1) is 6.54 Å². The molecule has 170 valence electrons. The van der Waals surface area contributed by atoms with Crippen molar-refractivity contribution in [3.8, 4) is 0 Å². The van der Waals surface area contributed by atoms with Crippen LogP contribution in [0.5, 0.6) is 0 Å². The monoisotopic (exact) mass is 434 g/mol. The van der Waals surface area contributed by atoms with Crippen molar-refractivity contribution in [3.63, 3.8) is 0 Å². The number of guanidine groups is 1. The van der Waals surface area contributed by atoms with E-state index in [0.29, 0.717) is 18.5 Å². The van der Waals surface area contributed by atoms with Crippen LogP contribution < -0.4 is 27.0 Å². The summed E-state index contributed by atoms with van der Waals surface area (Å²) in [6.07, 6.45) is 0.487. The third kappa shape index (κ3) is 9.61. The van der Waals surface area contributed by atoms with Crippen molar-refractivity contribution in [2.45, 2.75) is 38.8 Å². The molecular weight excluding hydrogens is 404 g/mol. The van der Waals surface area contributed by atoms with Gasteiger partial charge in [-0.15, -0.1) is 0 Å². The summed E-state index contributed by atoms with van der Waals surface area (Å²) in [5, 5.41) is 26.3.